The van der Waals surface area contributed by atoms with E-state index < -0.39 is 0 Å². The second-order valence-corrected chi connectivity index (χ2v) is 4.36. The molecule has 4 heteroatoms. The smallest absolute Gasteiger partial charge is 0.0641 e. The van der Waals surface area contributed by atoms with Gasteiger partial charge in [-0.3, -0.25) is 4.68 Å². The Balaban J connectivity index is 2.48. The summed E-state index contributed by atoms with van der Waals surface area (Å²) in [6.07, 6.45) is 0. The molecule has 2 N–H and O–H groups in total. The van der Waals surface area contributed by atoms with Gasteiger partial charge in [0.05, 0.1) is 5.69 Å². The lowest BCUT2D eigenvalue weighted by atomic mass is 10.2. The van der Waals surface area contributed by atoms with E-state index in [0.717, 1.165) is 25.3 Å². The largest absolute Gasteiger partial charge is 0.315 e. The van der Waals surface area contributed by atoms with Gasteiger partial charge in [-0.1, -0.05) is 6.92 Å². The zero-order chi connectivity index (χ0) is 12.1. The van der Waals surface area contributed by atoms with E-state index in [-0.39, 0.29) is 0 Å². The average Bonchev–Trinajstić information content (AvgIpc) is 2.48. The zero-order valence-corrected chi connectivity index (χ0v) is 11.1. The Morgan fingerprint density at radius 1 is 1.38 bits per heavy atom. The first-order valence-corrected chi connectivity index (χ1v) is 5.99. The van der Waals surface area contributed by atoms with Crippen LogP contribution in [0, 0.1) is 13.8 Å². The molecule has 0 spiro atoms. The van der Waals surface area contributed by atoms with E-state index in [1.807, 2.05) is 11.7 Å². The molecule has 1 rings (SSSR count). The van der Waals surface area contributed by atoms with Crippen LogP contribution in [0.4, 0.5) is 0 Å². The molecule has 1 aromatic heterocycles. The third kappa shape index (κ3) is 3.32. The Labute approximate surface area is 98.4 Å². The summed E-state index contributed by atoms with van der Waals surface area (Å²) in [5.74, 6) is 0. The van der Waals surface area contributed by atoms with Gasteiger partial charge in [0.2, 0.25) is 0 Å². The topological polar surface area (TPSA) is 41.9 Å². The van der Waals surface area contributed by atoms with Crippen LogP contribution in [0.5, 0.6) is 0 Å². The summed E-state index contributed by atoms with van der Waals surface area (Å²) in [4.78, 5) is 0. The number of aryl methyl sites for hydroxylation is 2. The van der Waals surface area contributed by atoms with Gasteiger partial charge in [0, 0.05) is 37.4 Å². The molecule has 0 aliphatic rings. The molecule has 0 bridgehead atoms. The van der Waals surface area contributed by atoms with Crippen molar-refractivity contribution in [2.75, 3.05) is 13.1 Å². The SMILES string of the molecule is CCNCC(C)NCc1c(C)nn(C)c1C. The van der Waals surface area contributed by atoms with Crippen molar-refractivity contribution in [3.05, 3.63) is 17.0 Å². The van der Waals surface area contributed by atoms with Gasteiger partial charge in [-0.25, -0.2) is 0 Å². The van der Waals surface area contributed by atoms with Gasteiger partial charge in [-0.05, 0) is 27.3 Å². The predicted molar refractivity (Wildman–Crippen MR) is 67.5 cm³/mol. The van der Waals surface area contributed by atoms with E-state index in [1.165, 1.54) is 11.3 Å². The molecule has 4 nitrogen and oxygen atoms in total. The molecule has 0 aliphatic heterocycles. The van der Waals surface area contributed by atoms with Crippen LogP contribution in [0.3, 0.4) is 0 Å². The number of hydrogen-bond donors (Lipinski definition) is 2. The van der Waals surface area contributed by atoms with Crippen LogP contribution in [-0.4, -0.2) is 28.9 Å². The summed E-state index contributed by atoms with van der Waals surface area (Å²) in [5.41, 5.74) is 3.70. The normalized spacial score (nSPS) is 13.1. The number of rotatable bonds is 6. The monoisotopic (exact) mass is 224 g/mol. The molecule has 0 aromatic carbocycles. The van der Waals surface area contributed by atoms with Crippen molar-refractivity contribution in [2.24, 2.45) is 7.05 Å². The van der Waals surface area contributed by atoms with Crippen LogP contribution in [0.15, 0.2) is 0 Å². The van der Waals surface area contributed by atoms with E-state index in [9.17, 15) is 0 Å². The molecular weight excluding hydrogens is 200 g/mol. The van der Waals surface area contributed by atoms with Crippen molar-refractivity contribution in [1.82, 2.24) is 20.4 Å². The lowest BCUT2D eigenvalue weighted by Gasteiger charge is -2.14. The van der Waals surface area contributed by atoms with Crippen molar-refractivity contribution in [2.45, 2.75) is 40.3 Å². The minimum Gasteiger partial charge on any atom is -0.315 e. The summed E-state index contributed by atoms with van der Waals surface area (Å²) in [6.45, 7) is 11.4. The van der Waals surface area contributed by atoms with Gasteiger partial charge in [-0.2, -0.15) is 5.10 Å². The zero-order valence-electron chi connectivity index (χ0n) is 11.1. The van der Waals surface area contributed by atoms with E-state index >= 15 is 0 Å². The molecule has 1 unspecified atom stereocenters. The highest BCUT2D eigenvalue weighted by molar-refractivity contribution is 5.24. The molecule has 1 atom stereocenters. The molecule has 1 aromatic rings. The predicted octanol–water partition coefficient (Wildman–Crippen LogP) is 1.12. The highest BCUT2D eigenvalue weighted by Gasteiger charge is 2.09. The van der Waals surface area contributed by atoms with E-state index in [0.29, 0.717) is 6.04 Å². The first-order valence-electron chi connectivity index (χ1n) is 5.99. The standard InChI is InChI=1S/C12H24N4/c1-6-13-7-9(2)14-8-12-10(3)15-16(5)11(12)4/h9,13-14H,6-8H2,1-5H3. The van der Waals surface area contributed by atoms with E-state index in [4.69, 9.17) is 0 Å². The molecule has 0 saturated heterocycles. The van der Waals surface area contributed by atoms with Crippen LogP contribution in [0.2, 0.25) is 0 Å². The fraction of sp³-hybridized carbons (Fsp3) is 0.750. The van der Waals surface area contributed by atoms with Crippen LogP contribution in [0.25, 0.3) is 0 Å². The van der Waals surface area contributed by atoms with Gasteiger partial charge in [-0.15, -0.1) is 0 Å². The molecule has 92 valence electrons. The number of nitrogens with one attached hydrogen (secondary N) is 2. The summed E-state index contributed by atoms with van der Waals surface area (Å²) in [5, 5.41) is 11.3. The summed E-state index contributed by atoms with van der Waals surface area (Å²) in [6, 6.07) is 0.485. The van der Waals surface area contributed by atoms with Crippen molar-refractivity contribution in [1.29, 1.82) is 0 Å². The maximum absolute atomic E-state index is 4.41. The number of hydrogen-bond acceptors (Lipinski definition) is 3. The van der Waals surface area contributed by atoms with Gasteiger partial charge in [0.1, 0.15) is 0 Å². The molecule has 16 heavy (non-hydrogen) atoms. The number of aromatic nitrogens is 2. The van der Waals surface area contributed by atoms with Crippen molar-refractivity contribution >= 4 is 0 Å². The Morgan fingerprint density at radius 3 is 2.56 bits per heavy atom. The molecule has 1 heterocycles. The maximum atomic E-state index is 4.41. The highest BCUT2D eigenvalue weighted by Crippen LogP contribution is 2.11. The quantitative estimate of drug-likeness (QED) is 0.761. The Bertz CT molecular complexity index is 330. The molecule has 0 radical (unpaired) electrons. The first-order chi connectivity index (χ1) is 7.56. The van der Waals surface area contributed by atoms with Gasteiger partial charge in [0.15, 0.2) is 0 Å². The van der Waals surface area contributed by atoms with Crippen molar-refractivity contribution in [3.8, 4) is 0 Å². The number of likely N-dealkylation sites (N-methyl/N-ethyl adjacent to an activating group) is 1. The third-order valence-corrected chi connectivity index (χ3v) is 2.99. The summed E-state index contributed by atoms with van der Waals surface area (Å²) in [7, 11) is 1.99. The lowest BCUT2D eigenvalue weighted by Crippen LogP contribution is -2.36. The molecule has 0 aliphatic carbocycles. The lowest BCUT2D eigenvalue weighted by molar-refractivity contribution is 0.507. The van der Waals surface area contributed by atoms with Crippen LogP contribution in [0.1, 0.15) is 30.8 Å². The van der Waals surface area contributed by atoms with Crippen molar-refractivity contribution < 1.29 is 0 Å². The molecule has 0 amide bonds. The molecular formula is C12H24N4. The third-order valence-electron chi connectivity index (χ3n) is 2.99. The van der Waals surface area contributed by atoms with Crippen LogP contribution >= 0.6 is 0 Å². The first kappa shape index (κ1) is 13.2. The minimum atomic E-state index is 0.485. The van der Waals surface area contributed by atoms with E-state index in [2.05, 4.69) is 43.4 Å². The fourth-order valence-corrected chi connectivity index (χ4v) is 1.78. The highest BCUT2D eigenvalue weighted by atomic mass is 15.3. The second-order valence-electron chi connectivity index (χ2n) is 4.36. The Hall–Kier alpha value is -0.870. The molecule has 0 saturated carbocycles. The maximum Gasteiger partial charge on any atom is 0.0641 e. The second kappa shape index (κ2) is 6.01. The number of nitrogens with zero attached hydrogens (tertiary/aromatic N) is 2. The van der Waals surface area contributed by atoms with Crippen molar-refractivity contribution in [3.63, 3.8) is 0 Å². The van der Waals surface area contributed by atoms with Crippen LogP contribution < -0.4 is 10.6 Å². The Kier molecular flexibility index (Phi) is 4.96. The van der Waals surface area contributed by atoms with Gasteiger partial charge in [0.25, 0.3) is 0 Å². The van der Waals surface area contributed by atoms with Gasteiger partial charge >= 0.3 is 0 Å². The minimum absolute atomic E-state index is 0.485. The average molecular weight is 224 g/mol. The summed E-state index contributed by atoms with van der Waals surface area (Å²) >= 11 is 0. The summed E-state index contributed by atoms with van der Waals surface area (Å²) < 4.78 is 1.95. The van der Waals surface area contributed by atoms with Gasteiger partial charge < -0.3 is 10.6 Å². The van der Waals surface area contributed by atoms with E-state index in [1.54, 1.807) is 0 Å². The fourth-order valence-electron chi connectivity index (χ4n) is 1.78. The Morgan fingerprint density at radius 2 is 2.06 bits per heavy atom. The van der Waals surface area contributed by atoms with Crippen LogP contribution in [-0.2, 0) is 13.6 Å². The molecule has 0 fully saturated rings.